The summed E-state index contributed by atoms with van der Waals surface area (Å²) in [5.74, 6) is 0.788. The van der Waals surface area contributed by atoms with Gasteiger partial charge in [0.15, 0.2) is 5.78 Å². The molecule has 0 aliphatic heterocycles. The highest BCUT2D eigenvalue weighted by Gasteiger charge is 2.09. The van der Waals surface area contributed by atoms with Crippen molar-refractivity contribution in [1.29, 1.82) is 0 Å². The minimum absolute atomic E-state index is 0.108. The van der Waals surface area contributed by atoms with Crippen molar-refractivity contribution in [3.63, 3.8) is 0 Å². The maximum atomic E-state index is 11.7. The van der Waals surface area contributed by atoms with Crippen LogP contribution in [0.3, 0.4) is 0 Å². The van der Waals surface area contributed by atoms with Crippen LogP contribution in [0.5, 0.6) is 5.75 Å². The summed E-state index contributed by atoms with van der Waals surface area (Å²) >= 11 is 0. The van der Waals surface area contributed by atoms with Crippen molar-refractivity contribution in [3.05, 3.63) is 23.8 Å². The number of nitrogen functional groups attached to an aromatic ring is 1. The second-order valence-corrected chi connectivity index (χ2v) is 3.48. The zero-order chi connectivity index (χ0) is 11.3. The zero-order valence-corrected chi connectivity index (χ0v) is 9.25. The molecule has 82 valence electrons. The van der Waals surface area contributed by atoms with E-state index in [9.17, 15) is 4.79 Å². The van der Waals surface area contributed by atoms with Crippen LogP contribution in [0.15, 0.2) is 18.2 Å². The molecule has 0 fully saturated rings. The van der Waals surface area contributed by atoms with Gasteiger partial charge in [-0.1, -0.05) is 13.3 Å². The first kappa shape index (κ1) is 11.6. The van der Waals surface area contributed by atoms with E-state index in [0.717, 1.165) is 12.8 Å². The number of methoxy groups -OCH3 is 1. The van der Waals surface area contributed by atoms with Crippen LogP contribution in [-0.2, 0) is 0 Å². The minimum atomic E-state index is 0.108. The van der Waals surface area contributed by atoms with E-state index in [1.54, 1.807) is 25.3 Å². The highest BCUT2D eigenvalue weighted by molar-refractivity contribution is 6.00. The van der Waals surface area contributed by atoms with Gasteiger partial charge in [-0.05, 0) is 18.6 Å². The Morgan fingerprint density at radius 1 is 1.47 bits per heavy atom. The molecular weight excluding hydrogens is 190 g/mol. The Balaban J connectivity index is 2.81. The predicted octanol–water partition coefficient (Wildman–Crippen LogP) is 2.65. The lowest BCUT2D eigenvalue weighted by molar-refractivity contribution is 0.0980. The normalized spacial score (nSPS) is 10.0. The number of benzene rings is 1. The fraction of sp³-hybridized carbons (Fsp3) is 0.417. The molecule has 0 spiro atoms. The van der Waals surface area contributed by atoms with Crippen LogP contribution in [0.4, 0.5) is 5.69 Å². The molecule has 0 saturated heterocycles. The topological polar surface area (TPSA) is 52.3 Å². The lowest BCUT2D eigenvalue weighted by atomic mass is 10.0. The van der Waals surface area contributed by atoms with E-state index < -0.39 is 0 Å². The molecule has 3 heteroatoms. The summed E-state index contributed by atoms with van der Waals surface area (Å²) in [7, 11) is 1.58. The first-order valence-electron chi connectivity index (χ1n) is 5.15. The SMILES string of the molecule is CCCCC(=O)c1ccc(OC)cc1N. The maximum absolute atomic E-state index is 11.7. The summed E-state index contributed by atoms with van der Waals surface area (Å²) in [5.41, 5.74) is 6.87. The molecule has 0 aromatic heterocycles. The Kier molecular flexibility index (Phi) is 4.16. The third-order valence-electron chi connectivity index (χ3n) is 2.32. The molecule has 1 rings (SSSR count). The first-order valence-corrected chi connectivity index (χ1v) is 5.15. The van der Waals surface area contributed by atoms with Crippen LogP contribution < -0.4 is 10.5 Å². The van der Waals surface area contributed by atoms with Gasteiger partial charge >= 0.3 is 0 Å². The van der Waals surface area contributed by atoms with Gasteiger partial charge in [-0.3, -0.25) is 4.79 Å². The number of ether oxygens (including phenoxy) is 1. The second kappa shape index (κ2) is 5.39. The Morgan fingerprint density at radius 3 is 2.73 bits per heavy atom. The van der Waals surface area contributed by atoms with Crippen LogP contribution in [0.1, 0.15) is 36.5 Å². The lowest BCUT2D eigenvalue weighted by Gasteiger charge is -2.06. The molecule has 3 nitrogen and oxygen atoms in total. The van der Waals surface area contributed by atoms with Gasteiger partial charge in [0.1, 0.15) is 5.75 Å². The average Bonchev–Trinajstić information content (AvgIpc) is 2.25. The van der Waals surface area contributed by atoms with Crippen LogP contribution >= 0.6 is 0 Å². The van der Waals surface area contributed by atoms with Gasteiger partial charge in [0.05, 0.1) is 7.11 Å². The third-order valence-corrected chi connectivity index (χ3v) is 2.32. The smallest absolute Gasteiger partial charge is 0.164 e. The Bertz CT molecular complexity index is 347. The predicted molar refractivity (Wildman–Crippen MR) is 61.3 cm³/mol. The lowest BCUT2D eigenvalue weighted by Crippen LogP contribution is -2.03. The van der Waals surface area contributed by atoms with E-state index in [0.29, 0.717) is 23.4 Å². The van der Waals surface area contributed by atoms with E-state index in [4.69, 9.17) is 10.5 Å². The quantitative estimate of drug-likeness (QED) is 0.596. The number of carbonyl (C=O) groups is 1. The minimum Gasteiger partial charge on any atom is -0.497 e. The molecule has 0 bridgehead atoms. The highest BCUT2D eigenvalue weighted by atomic mass is 16.5. The molecule has 2 N–H and O–H groups in total. The second-order valence-electron chi connectivity index (χ2n) is 3.48. The number of ketones is 1. The van der Waals surface area contributed by atoms with E-state index in [-0.39, 0.29) is 5.78 Å². The average molecular weight is 207 g/mol. The summed E-state index contributed by atoms with van der Waals surface area (Å²) in [6, 6.07) is 5.17. The van der Waals surface area contributed by atoms with Gasteiger partial charge in [0.25, 0.3) is 0 Å². The van der Waals surface area contributed by atoms with Gasteiger partial charge in [0, 0.05) is 23.7 Å². The first-order chi connectivity index (χ1) is 7.19. The summed E-state index contributed by atoms with van der Waals surface area (Å²) in [6.45, 7) is 2.06. The van der Waals surface area contributed by atoms with Gasteiger partial charge < -0.3 is 10.5 Å². The zero-order valence-electron chi connectivity index (χ0n) is 9.25. The Morgan fingerprint density at radius 2 is 2.20 bits per heavy atom. The largest absolute Gasteiger partial charge is 0.497 e. The van der Waals surface area contributed by atoms with Crippen LogP contribution in [0.2, 0.25) is 0 Å². The number of Topliss-reactive ketones (excluding diaryl/α,β-unsaturated/α-hetero) is 1. The number of anilines is 1. The fourth-order valence-electron chi connectivity index (χ4n) is 1.39. The number of hydrogen-bond acceptors (Lipinski definition) is 3. The summed E-state index contributed by atoms with van der Waals surface area (Å²) in [6.07, 6.45) is 2.49. The van der Waals surface area contributed by atoms with Crippen LogP contribution in [0.25, 0.3) is 0 Å². The van der Waals surface area contributed by atoms with Crippen molar-refractivity contribution in [2.45, 2.75) is 26.2 Å². The van der Waals surface area contributed by atoms with Crippen molar-refractivity contribution in [1.82, 2.24) is 0 Å². The Hall–Kier alpha value is -1.51. The van der Waals surface area contributed by atoms with E-state index in [1.165, 1.54) is 0 Å². The highest BCUT2D eigenvalue weighted by Crippen LogP contribution is 2.21. The van der Waals surface area contributed by atoms with Gasteiger partial charge in [-0.15, -0.1) is 0 Å². The molecule has 15 heavy (non-hydrogen) atoms. The number of carbonyl (C=O) groups excluding carboxylic acids is 1. The molecule has 0 atom stereocenters. The van der Waals surface area contributed by atoms with E-state index in [2.05, 4.69) is 6.92 Å². The molecular formula is C12H17NO2. The summed E-state index contributed by atoms with van der Waals surface area (Å²) in [5, 5.41) is 0. The standard InChI is InChI=1S/C12H17NO2/c1-3-4-5-12(14)10-7-6-9(15-2)8-11(10)13/h6-8H,3-5,13H2,1-2H3. The number of hydrogen-bond donors (Lipinski definition) is 1. The third kappa shape index (κ3) is 2.98. The molecule has 0 heterocycles. The van der Waals surface area contributed by atoms with Crippen molar-refractivity contribution in [2.24, 2.45) is 0 Å². The fourth-order valence-corrected chi connectivity index (χ4v) is 1.39. The molecule has 1 aromatic carbocycles. The molecule has 1 aromatic rings. The van der Waals surface area contributed by atoms with Crippen molar-refractivity contribution in [2.75, 3.05) is 12.8 Å². The van der Waals surface area contributed by atoms with Crippen molar-refractivity contribution >= 4 is 11.5 Å². The summed E-state index contributed by atoms with van der Waals surface area (Å²) in [4.78, 5) is 11.7. The maximum Gasteiger partial charge on any atom is 0.164 e. The van der Waals surface area contributed by atoms with Crippen molar-refractivity contribution < 1.29 is 9.53 Å². The van der Waals surface area contributed by atoms with E-state index in [1.807, 2.05) is 0 Å². The molecule has 0 unspecified atom stereocenters. The number of unbranched alkanes of at least 4 members (excludes halogenated alkanes) is 1. The molecule has 0 saturated carbocycles. The molecule has 0 amide bonds. The number of nitrogens with two attached hydrogens (primary N) is 1. The van der Waals surface area contributed by atoms with Gasteiger partial charge in [-0.2, -0.15) is 0 Å². The number of rotatable bonds is 5. The monoisotopic (exact) mass is 207 g/mol. The Labute approximate surface area is 90.2 Å². The summed E-state index contributed by atoms with van der Waals surface area (Å²) < 4.78 is 5.02. The molecule has 0 radical (unpaired) electrons. The van der Waals surface area contributed by atoms with Gasteiger partial charge in [-0.25, -0.2) is 0 Å². The van der Waals surface area contributed by atoms with Crippen LogP contribution in [0, 0.1) is 0 Å². The van der Waals surface area contributed by atoms with Crippen molar-refractivity contribution in [3.8, 4) is 5.75 Å². The van der Waals surface area contributed by atoms with E-state index >= 15 is 0 Å². The molecule has 0 aliphatic carbocycles. The van der Waals surface area contributed by atoms with Gasteiger partial charge in [0.2, 0.25) is 0 Å². The molecule has 0 aliphatic rings. The van der Waals surface area contributed by atoms with Crippen LogP contribution in [-0.4, -0.2) is 12.9 Å².